The summed E-state index contributed by atoms with van der Waals surface area (Å²) in [7, 11) is 0. The van der Waals surface area contributed by atoms with E-state index in [1.54, 1.807) is 0 Å². The third-order valence-corrected chi connectivity index (χ3v) is 7.14. The molecule has 0 aliphatic carbocycles. The van der Waals surface area contributed by atoms with Gasteiger partial charge in [-0.05, 0) is 30.7 Å². The third kappa shape index (κ3) is 11.3. The Kier molecular flexibility index (Phi) is 14.9. The van der Waals surface area contributed by atoms with Crippen LogP contribution in [0.4, 0.5) is 0 Å². The van der Waals surface area contributed by atoms with E-state index in [1.807, 2.05) is 12.5 Å². The molecule has 2 heteroatoms. The zero-order chi connectivity index (χ0) is 22.7. The maximum atomic E-state index is 4.32. The minimum Gasteiger partial charge on any atom is -0.334 e. The molecule has 0 saturated heterocycles. The number of hydrogen-bond donors (Lipinski definition) is 0. The number of rotatable bonds is 20. The Morgan fingerprint density at radius 1 is 0.719 bits per heavy atom. The van der Waals surface area contributed by atoms with Gasteiger partial charge in [-0.3, -0.25) is 0 Å². The normalized spacial score (nSPS) is 13.3. The van der Waals surface area contributed by atoms with E-state index in [0.717, 1.165) is 0 Å². The summed E-state index contributed by atoms with van der Waals surface area (Å²) in [5.41, 5.74) is 1.47. The fourth-order valence-corrected chi connectivity index (χ4v) is 5.20. The molecule has 0 radical (unpaired) electrons. The van der Waals surface area contributed by atoms with Crippen LogP contribution in [0, 0.1) is 5.92 Å². The first-order valence-corrected chi connectivity index (χ1v) is 13.9. The first-order valence-electron chi connectivity index (χ1n) is 13.9. The quantitative estimate of drug-likeness (QED) is 0.188. The van der Waals surface area contributed by atoms with Crippen LogP contribution < -0.4 is 0 Å². The van der Waals surface area contributed by atoms with Crippen LogP contribution in [-0.4, -0.2) is 9.55 Å². The van der Waals surface area contributed by atoms with Crippen LogP contribution in [0.25, 0.3) is 0 Å². The lowest BCUT2D eigenvalue weighted by Gasteiger charge is -2.28. The Balaban J connectivity index is 1.59. The van der Waals surface area contributed by atoms with Crippen molar-refractivity contribution in [2.24, 2.45) is 5.92 Å². The van der Waals surface area contributed by atoms with Gasteiger partial charge in [0.15, 0.2) is 0 Å². The molecule has 0 fully saturated rings. The van der Waals surface area contributed by atoms with Crippen LogP contribution >= 0.6 is 0 Å². The van der Waals surface area contributed by atoms with E-state index in [-0.39, 0.29) is 0 Å². The van der Waals surface area contributed by atoms with E-state index in [9.17, 15) is 0 Å². The van der Waals surface area contributed by atoms with Gasteiger partial charge in [0.25, 0.3) is 0 Å². The summed E-state index contributed by atoms with van der Waals surface area (Å²) in [5, 5.41) is 0. The van der Waals surface area contributed by atoms with Crippen molar-refractivity contribution in [3.8, 4) is 0 Å². The number of nitrogens with zero attached hydrogens (tertiary/aromatic N) is 2. The molecule has 1 heterocycles. The predicted octanol–water partition coefficient (Wildman–Crippen LogP) is 9.56. The summed E-state index contributed by atoms with van der Waals surface area (Å²) < 4.78 is 2.34. The van der Waals surface area contributed by atoms with E-state index in [1.165, 1.54) is 115 Å². The molecule has 2 rings (SSSR count). The van der Waals surface area contributed by atoms with Gasteiger partial charge in [-0.25, -0.2) is 4.98 Å². The third-order valence-electron chi connectivity index (χ3n) is 7.14. The second-order valence-corrected chi connectivity index (χ2v) is 9.82. The zero-order valence-corrected chi connectivity index (χ0v) is 21.2. The summed E-state index contributed by atoms with van der Waals surface area (Å²) in [4.78, 5) is 4.32. The van der Waals surface area contributed by atoms with Crippen molar-refractivity contribution in [1.29, 1.82) is 0 Å². The maximum absolute atomic E-state index is 4.32. The summed E-state index contributed by atoms with van der Waals surface area (Å²) in [6.45, 7) is 4.63. The van der Waals surface area contributed by atoms with Gasteiger partial charge >= 0.3 is 0 Å². The number of benzene rings is 1. The van der Waals surface area contributed by atoms with Crippen molar-refractivity contribution >= 4 is 0 Å². The van der Waals surface area contributed by atoms with Gasteiger partial charge in [-0.1, -0.05) is 134 Å². The van der Waals surface area contributed by atoms with Crippen LogP contribution in [0.5, 0.6) is 0 Å². The number of unbranched alkanes of at least 4 members (excludes halogenated alkanes) is 13. The van der Waals surface area contributed by atoms with Crippen molar-refractivity contribution in [3.05, 3.63) is 54.6 Å². The first-order chi connectivity index (χ1) is 15.8. The van der Waals surface area contributed by atoms with E-state index in [2.05, 4.69) is 59.9 Å². The standard InChI is InChI=1S/C30H50N2/c1-3-5-6-7-8-9-10-11-12-13-14-15-16-20-23-29(26-28-21-18-17-19-22-28)30(4-2)32-25-24-31-27-32/h17-19,21-22,24-25,27,29-30H,3-16,20,23,26H2,1-2H3. The minimum atomic E-state index is 0.555. The molecular weight excluding hydrogens is 388 g/mol. The van der Waals surface area contributed by atoms with Crippen LogP contribution in [0.1, 0.15) is 128 Å². The van der Waals surface area contributed by atoms with E-state index in [4.69, 9.17) is 0 Å². The summed E-state index contributed by atoms with van der Waals surface area (Å²) >= 11 is 0. The zero-order valence-electron chi connectivity index (χ0n) is 21.2. The van der Waals surface area contributed by atoms with Crippen LogP contribution in [-0.2, 0) is 6.42 Å². The molecular formula is C30H50N2. The Morgan fingerprint density at radius 2 is 1.28 bits per heavy atom. The van der Waals surface area contributed by atoms with Crippen LogP contribution in [0.15, 0.2) is 49.1 Å². The van der Waals surface area contributed by atoms with Crippen molar-refractivity contribution in [2.75, 3.05) is 0 Å². The molecule has 2 nitrogen and oxygen atoms in total. The van der Waals surface area contributed by atoms with E-state index < -0.39 is 0 Å². The minimum absolute atomic E-state index is 0.555. The van der Waals surface area contributed by atoms with Gasteiger partial charge in [-0.15, -0.1) is 0 Å². The highest BCUT2D eigenvalue weighted by Gasteiger charge is 2.21. The van der Waals surface area contributed by atoms with E-state index >= 15 is 0 Å². The molecule has 2 atom stereocenters. The molecule has 0 spiro atoms. The second kappa shape index (κ2) is 17.9. The SMILES string of the molecule is CCCCCCCCCCCCCCCCC(Cc1ccccc1)C(CC)n1ccnc1. The number of hydrogen-bond acceptors (Lipinski definition) is 1. The Labute approximate surface area is 199 Å². The molecule has 0 aliphatic rings. The lowest BCUT2D eigenvalue weighted by Crippen LogP contribution is -2.20. The Morgan fingerprint density at radius 3 is 1.78 bits per heavy atom. The van der Waals surface area contributed by atoms with Crippen molar-refractivity contribution in [1.82, 2.24) is 9.55 Å². The Bertz CT molecular complexity index is 634. The maximum Gasteiger partial charge on any atom is 0.0948 e. The number of imidazole rings is 1. The summed E-state index contributed by atoms with van der Waals surface area (Å²) in [6, 6.07) is 11.6. The van der Waals surface area contributed by atoms with Crippen LogP contribution in [0.2, 0.25) is 0 Å². The highest BCUT2D eigenvalue weighted by molar-refractivity contribution is 5.15. The fourth-order valence-electron chi connectivity index (χ4n) is 5.20. The van der Waals surface area contributed by atoms with Gasteiger partial charge in [0.05, 0.1) is 6.33 Å². The molecule has 2 unspecified atom stereocenters. The van der Waals surface area contributed by atoms with Gasteiger partial charge in [0.2, 0.25) is 0 Å². The van der Waals surface area contributed by atoms with Gasteiger partial charge in [-0.2, -0.15) is 0 Å². The molecule has 180 valence electrons. The summed E-state index contributed by atoms with van der Waals surface area (Å²) in [5.74, 6) is 0.689. The van der Waals surface area contributed by atoms with Gasteiger partial charge in [0.1, 0.15) is 0 Å². The monoisotopic (exact) mass is 438 g/mol. The molecule has 0 saturated carbocycles. The predicted molar refractivity (Wildman–Crippen MR) is 140 cm³/mol. The first kappa shape index (κ1) is 26.7. The van der Waals surface area contributed by atoms with Crippen LogP contribution in [0.3, 0.4) is 0 Å². The molecule has 32 heavy (non-hydrogen) atoms. The van der Waals surface area contributed by atoms with Crippen molar-refractivity contribution < 1.29 is 0 Å². The van der Waals surface area contributed by atoms with Crippen molar-refractivity contribution in [3.63, 3.8) is 0 Å². The lowest BCUT2D eigenvalue weighted by atomic mass is 9.86. The fraction of sp³-hybridized carbons (Fsp3) is 0.700. The van der Waals surface area contributed by atoms with E-state index in [0.29, 0.717) is 12.0 Å². The molecule has 0 bridgehead atoms. The van der Waals surface area contributed by atoms with Gasteiger partial charge in [0, 0.05) is 18.4 Å². The van der Waals surface area contributed by atoms with Gasteiger partial charge < -0.3 is 4.57 Å². The largest absolute Gasteiger partial charge is 0.334 e. The lowest BCUT2D eigenvalue weighted by molar-refractivity contribution is 0.290. The molecule has 0 aliphatic heterocycles. The number of aromatic nitrogens is 2. The molecule has 0 N–H and O–H groups in total. The average molecular weight is 439 g/mol. The average Bonchev–Trinajstić information content (AvgIpc) is 3.35. The Hall–Kier alpha value is -1.57. The molecule has 1 aromatic heterocycles. The van der Waals surface area contributed by atoms with Crippen molar-refractivity contribution in [2.45, 2.75) is 129 Å². The molecule has 0 amide bonds. The molecule has 2 aromatic rings. The molecule has 1 aromatic carbocycles. The summed E-state index contributed by atoms with van der Waals surface area (Å²) in [6.07, 6.45) is 29.8. The highest BCUT2D eigenvalue weighted by Crippen LogP contribution is 2.30. The second-order valence-electron chi connectivity index (χ2n) is 9.82. The topological polar surface area (TPSA) is 17.8 Å². The highest BCUT2D eigenvalue weighted by atomic mass is 15.1. The smallest absolute Gasteiger partial charge is 0.0948 e.